The number of piperidine rings is 1. The monoisotopic (exact) mass is 569 g/mol. The quantitative estimate of drug-likeness (QED) is 0.193. The maximum absolute atomic E-state index is 6.46. The molecule has 5 rings (SSSR count). The van der Waals surface area contributed by atoms with E-state index in [-0.39, 0.29) is 18.1 Å². The zero-order chi connectivity index (χ0) is 28.8. The number of ether oxygens (including phenoxy) is 5. The van der Waals surface area contributed by atoms with E-state index in [2.05, 4.69) is 27.4 Å². The Balaban J connectivity index is 1.16. The van der Waals surface area contributed by atoms with Crippen molar-refractivity contribution in [2.75, 3.05) is 33.4 Å². The number of para-hydroxylation sites is 1. The second kappa shape index (κ2) is 16.0. The van der Waals surface area contributed by atoms with Crippen molar-refractivity contribution in [3.05, 3.63) is 120 Å². The standard InChI is InChI=1S/C34H39N3O5/c1-38-31-6-3-2-5-29(31)25-39-19-4-20-40-30-9-7-28(8-10-30)34-32(41-23-26-11-15-35-16-12-26)21-37-22-33(34)42-24-27-13-17-36-18-14-27/h2-3,5-18,32-34,37H,4,19-25H2,1H3/t32-,33+,34?. The lowest BCUT2D eigenvalue weighted by Gasteiger charge is -2.39. The summed E-state index contributed by atoms with van der Waals surface area (Å²) in [5.41, 5.74) is 4.41. The van der Waals surface area contributed by atoms with E-state index in [4.69, 9.17) is 23.7 Å². The van der Waals surface area contributed by atoms with Crippen molar-refractivity contribution in [1.82, 2.24) is 15.3 Å². The van der Waals surface area contributed by atoms with Gasteiger partial charge in [-0.15, -0.1) is 0 Å². The first kappa shape index (κ1) is 29.7. The normalized spacial score (nSPS) is 18.5. The number of nitrogens with one attached hydrogen (secondary N) is 1. The first-order chi connectivity index (χ1) is 20.8. The fourth-order valence-corrected chi connectivity index (χ4v) is 5.12. The number of aromatic nitrogens is 2. The lowest BCUT2D eigenvalue weighted by molar-refractivity contribution is -0.0650. The van der Waals surface area contributed by atoms with Crippen LogP contribution < -0.4 is 14.8 Å². The highest BCUT2D eigenvalue weighted by molar-refractivity contribution is 5.33. The van der Waals surface area contributed by atoms with E-state index in [9.17, 15) is 0 Å². The average Bonchev–Trinajstić information content (AvgIpc) is 3.06. The maximum atomic E-state index is 6.46. The molecule has 4 aromatic rings. The summed E-state index contributed by atoms with van der Waals surface area (Å²) < 4.78 is 30.2. The van der Waals surface area contributed by atoms with Gasteiger partial charge >= 0.3 is 0 Å². The van der Waals surface area contributed by atoms with E-state index in [0.717, 1.165) is 47.7 Å². The summed E-state index contributed by atoms with van der Waals surface area (Å²) in [6.45, 7) is 4.23. The molecule has 1 aliphatic heterocycles. The van der Waals surface area contributed by atoms with E-state index in [1.807, 2.05) is 60.7 Å². The van der Waals surface area contributed by atoms with Gasteiger partial charge in [0.15, 0.2) is 0 Å². The van der Waals surface area contributed by atoms with E-state index in [1.165, 1.54) is 5.56 Å². The van der Waals surface area contributed by atoms with Crippen LogP contribution in [0.1, 0.15) is 34.6 Å². The molecule has 3 heterocycles. The Hall–Kier alpha value is -3.82. The predicted octanol–water partition coefficient (Wildman–Crippen LogP) is 5.33. The molecule has 2 aromatic carbocycles. The number of benzene rings is 2. The summed E-state index contributed by atoms with van der Waals surface area (Å²) in [7, 11) is 1.68. The summed E-state index contributed by atoms with van der Waals surface area (Å²) in [6, 6.07) is 24.2. The molecular weight excluding hydrogens is 530 g/mol. The summed E-state index contributed by atoms with van der Waals surface area (Å²) in [4.78, 5) is 8.23. The Morgan fingerprint density at radius 2 is 1.33 bits per heavy atom. The molecule has 0 spiro atoms. The van der Waals surface area contributed by atoms with Gasteiger partial charge in [0, 0.05) is 55.8 Å². The van der Waals surface area contributed by atoms with Crippen molar-refractivity contribution in [1.29, 1.82) is 0 Å². The highest BCUT2D eigenvalue weighted by atomic mass is 16.5. The highest BCUT2D eigenvalue weighted by Crippen LogP contribution is 2.32. The first-order valence-electron chi connectivity index (χ1n) is 14.4. The number of hydrogen-bond acceptors (Lipinski definition) is 8. The van der Waals surface area contributed by atoms with E-state index in [0.29, 0.717) is 33.0 Å². The van der Waals surface area contributed by atoms with Gasteiger partial charge in [-0.1, -0.05) is 30.3 Å². The summed E-state index contributed by atoms with van der Waals surface area (Å²) in [5.74, 6) is 1.74. The van der Waals surface area contributed by atoms with Crippen molar-refractivity contribution in [2.24, 2.45) is 0 Å². The topological polar surface area (TPSA) is 84.0 Å². The molecule has 1 unspecified atom stereocenters. The van der Waals surface area contributed by atoms with Crippen LogP contribution in [0.15, 0.2) is 97.6 Å². The molecule has 3 atom stereocenters. The van der Waals surface area contributed by atoms with Gasteiger partial charge in [0.05, 0.1) is 52.4 Å². The largest absolute Gasteiger partial charge is 0.496 e. The number of rotatable bonds is 15. The van der Waals surface area contributed by atoms with Crippen LogP contribution in [0.3, 0.4) is 0 Å². The van der Waals surface area contributed by atoms with Gasteiger partial charge in [-0.05, 0) is 59.2 Å². The number of pyridine rings is 2. The Kier molecular flexibility index (Phi) is 11.3. The van der Waals surface area contributed by atoms with Gasteiger partial charge in [0.2, 0.25) is 0 Å². The molecule has 42 heavy (non-hydrogen) atoms. The summed E-state index contributed by atoms with van der Waals surface area (Å²) >= 11 is 0. The maximum Gasteiger partial charge on any atom is 0.124 e. The molecule has 0 radical (unpaired) electrons. The molecule has 0 bridgehead atoms. The summed E-state index contributed by atoms with van der Waals surface area (Å²) in [6.07, 6.45) is 7.86. The third-order valence-electron chi connectivity index (χ3n) is 7.34. The van der Waals surface area contributed by atoms with Gasteiger partial charge in [0.25, 0.3) is 0 Å². The van der Waals surface area contributed by atoms with Crippen LogP contribution in [-0.2, 0) is 34.0 Å². The van der Waals surface area contributed by atoms with Gasteiger partial charge < -0.3 is 29.0 Å². The Labute approximate surface area is 248 Å². The molecule has 8 nitrogen and oxygen atoms in total. The summed E-state index contributed by atoms with van der Waals surface area (Å²) in [5, 5.41) is 3.51. The zero-order valence-corrected chi connectivity index (χ0v) is 24.1. The minimum Gasteiger partial charge on any atom is -0.496 e. The number of hydrogen-bond donors (Lipinski definition) is 1. The number of nitrogens with zero attached hydrogens (tertiary/aromatic N) is 2. The second-order valence-corrected chi connectivity index (χ2v) is 10.2. The van der Waals surface area contributed by atoms with E-state index >= 15 is 0 Å². The molecule has 1 aliphatic rings. The molecular formula is C34H39N3O5. The van der Waals surface area contributed by atoms with Gasteiger partial charge in [0.1, 0.15) is 11.5 Å². The van der Waals surface area contributed by atoms with Crippen LogP contribution >= 0.6 is 0 Å². The zero-order valence-electron chi connectivity index (χ0n) is 24.1. The second-order valence-electron chi connectivity index (χ2n) is 10.2. The highest BCUT2D eigenvalue weighted by Gasteiger charge is 2.36. The van der Waals surface area contributed by atoms with Crippen LogP contribution in [-0.4, -0.2) is 55.6 Å². The lowest BCUT2D eigenvalue weighted by atomic mass is 9.85. The molecule has 8 heteroatoms. The van der Waals surface area contributed by atoms with Crippen molar-refractivity contribution >= 4 is 0 Å². The third-order valence-corrected chi connectivity index (χ3v) is 7.34. The van der Waals surface area contributed by atoms with Crippen LogP contribution in [0.25, 0.3) is 0 Å². The van der Waals surface area contributed by atoms with Crippen LogP contribution in [0.5, 0.6) is 11.5 Å². The minimum absolute atomic E-state index is 0.0542. The Morgan fingerprint density at radius 1 is 0.714 bits per heavy atom. The third kappa shape index (κ3) is 8.59. The fraction of sp³-hybridized carbons (Fsp3) is 0.353. The lowest BCUT2D eigenvalue weighted by Crippen LogP contribution is -2.50. The van der Waals surface area contributed by atoms with Crippen LogP contribution in [0.4, 0.5) is 0 Å². The van der Waals surface area contributed by atoms with Crippen LogP contribution in [0, 0.1) is 0 Å². The molecule has 0 saturated carbocycles. The molecule has 1 fully saturated rings. The van der Waals surface area contributed by atoms with Crippen LogP contribution in [0.2, 0.25) is 0 Å². The van der Waals surface area contributed by atoms with E-state index < -0.39 is 0 Å². The molecule has 1 saturated heterocycles. The van der Waals surface area contributed by atoms with Crippen molar-refractivity contribution < 1.29 is 23.7 Å². The molecule has 0 amide bonds. The van der Waals surface area contributed by atoms with Gasteiger partial charge in [-0.3, -0.25) is 9.97 Å². The Morgan fingerprint density at radius 3 is 1.95 bits per heavy atom. The SMILES string of the molecule is COc1ccccc1COCCCOc1ccc(C2[C@@H](OCc3ccncc3)CNC[C@H]2OCc2ccncc2)cc1. The van der Waals surface area contributed by atoms with Crippen molar-refractivity contribution in [2.45, 2.75) is 44.4 Å². The van der Waals surface area contributed by atoms with Gasteiger partial charge in [-0.2, -0.15) is 0 Å². The molecule has 220 valence electrons. The molecule has 1 N–H and O–H groups in total. The van der Waals surface area contributed by atoms with Crippen molar-refractivity contribution in [3.63, 3.8) is 0 Å². The average molecular weight is 570 g/mol. The van der Waals surface area contributed by atoms with E-state index in [1.54, 1.807) is 31.9 Å². The Bertz CT molecular complexity index is 1270. The first-order valence-corrected chi connectivity index (χ1v) is 14.4. The smallest absolute Gasteiger partial charge is 0.124 e. The van der Waals surface area contributed by atoms with Crippen molar-refractivity contribution in [3.8, 4) is 11.5 Å². The molecule has 2 aromatic heterocycles. The predicted molar refractivity (Wildman–Crippen MR) is 160 cm³/mol. The molecule has 0 aliphatic carbocycles. The minimum atomic E-state index is -0.0542. The number of methoxy groups -OCH3 is 1. The van der Waals surface area contributed by atoms with Gasteiger partial charge in [-0.25, -0.2) is 0 Å². The fourth-order valence-electron chi connectivity index (χ4n) is 5.12.